The maximum Gasteiger partial charge on any atom is 0.291 e. The van der Waals surface area contributed by atoms with Crippen molar-refractivity contribution in [2.24, 2.45) is 0 Å². The Morgan fingerprint density at radius 1 is 1.21 bits per heavy atom. The molecule has 0 N–H and O–H groups in total. The van der Waals surface area contributed by atoms with Gasteiger partial charge in [-0.3, -0.25) is 14.0 Å². The van der Waals surface area contributed by atoms with E-state index in [1.54, 1.807) is 16.7 Å². The van der Waals surface area contributed by atoms with Crippen molar-refractivity contribution in [3.8, 4) is 0 Å². The normalized spacial score (nSPS) is 15.0. The molecule has 0 saturated heterocycles. The monoisotopic (exact) mass is 390 g/mol. The number of nitrogens with zero attached hydrogens (tertiary/aromatic N) is 4. The van der Waals surface area contributed by atoms with Gasteiger partial charge in [-0.1, -0.05) is 31.2 Å². The molecular weight excluding hydrogens is 368 g/mol. The van der Waals surface area contributed by atoms with Gasteiger partial charge in [-0.15, -0.1) is 0 Å². The molecule has 5 rings (SSSR count). The molecule has 1 aliphatic heterocycles. The Balaban J connectivity index is 1.55. The summed E-state index contributed by atoms with van der Waals surface area (Å²) in [5, 5.41) is 4.51. The topological polar surface area (TPSA) is 72.8 Å². The number of aromatic nitrogens is 3. The standard InChI is InChI=1S/C22H22N4O3/c1-3-17(21(27)24-10-8-15-6-4-5-7-16(15)13-24)26-22(28)19-12-20-18(9-11-29-20)25(19)14(2)23-26/h4-7,9,11-12,17H,3,8,10,13H2,1-2H3/t17-/m1/s1. The Morgan fingerprint density at radius 3 is 2.79 bits per heavy atom. The number of amides is 1. The van der Waals surface area contributed by atoms with E-state index in [2.05, 4.69) is 17.2 Å². The third-order valence-electron chi connectivity index (χ3n) is 5.84. The van der Waals surface area contributed by atoms with E-state index in [-0.39, 0.29) is 11.5 Å². The van der Waals surface area contributed by atoms with Gasteiger partial charge in [-0.05, 0) is 30.9 Å². The number of hydrogen-bond acceptors (Lipinski definition) is 4. The maximum absolute atomic E-state index is 13.4. The molecular formula is C22H22N4O3. The number of fused-ring (bicyclic) bond motifs is 4. The van der Waals surface area contributed by atoms with Gasteiger partial charge >= 0.3 is 0 Å². The number of carbonyl (C=O) groups is 1. The fraction of sp³-hybridized carbons (Fsp3) is 0.318. The van der Waals surface area contributed by atoms with Gasteiger partial charge in [-0.25, -0.2) is 4.68 Å². The summed E-state index contributed by atoms with van der Waals surface area (Å²) in [7, 11) is 0. The van der Waals surface area contributed by atoms with Crippen LogP contribution in [0.5, 0.6) is 0 Å². The molecule has 0 spiro atoms. The average Bonchev–Trinajstić information content (AvgIpc) is 3.33. The van der Waals surface area contributed by atoms with Crippen LogP contribution in [0.15, 0.2) is 51.9 Å². The third-order valence-corrected chi connectivity index (χ3v) is 5.84. The molecule has 0 radical (unpaired) electrons. The van der Waals surface area contributed by atoms with E-state index in [0.717, 1.165) is 11.9 Å². The quantitative estimate of drug-likeness (QED) is 0.539. The number of aryl methyl sites for hydroxylation is 1. The predicted octanol–water partition coefficient (Wildman–Crippen LogP) is 3.09. The van der Waals surface area contributed by atoms with Crippen LogP contribution < -0.4 is 5.56 Å². The van der Waals surface area contributed by atoms with Crippen molar-refractivity contribution in [1.82, 2.24) is 19.1 Å². The molecule has 0 fully saturated rings. The number of hydrogen-bond donors (Lipinski definition) is 0. The zero-order valence-electron chi connectivity index (χ0n) is 16.5. The van der Waals surface area contributed by atoms with Gasteiger partial charge in [0.15, 0.2) is 5.58 Å². The van der Waals surface area contributed by atoms with Crippen LogP contribution in [-0.4, -0.2) is 31.5 Å². The lowest BCUT2D eigenvalue weighted by Gasteiger charge is -2.31. The number of rotatable bonds is 3. The van der Waals surface area contributed by atoms with Gasteiger partial charge in [0.05, 0.1) is 11.8 Å². The highest BCUT2D eigenvalue weighted by Gasteiger charge is 2.30. The summed E-state index contributed by atoms with van der Waals surface area (Å²) >= 11 is 0. The predicted molar refractivity (Wildman–Crippen MR) is 109 cm³/mol. The van der Waals surface area contributed by atoms with Crippen molar-refractivity contribution in [2.75, 3.05) is 6.54 Å². The third kappa shape index (κ3) is 2.68. The van der Waals surface area contributed by atoms with Crippen LogP contribution in [0.3, 0.4) is 0 Å². The molecule has 29 heavy (non-hydrogen) atoms. The van der Waals surface area contributed by atoms with E-state index in [1.165, 1.54) is 15.8 Å². The largest absolute Gasteiger partial charge is 0.463 e. The van der Waals surface area contributed by atoms with Gasteiger partial charge in [0.2, 0.25) is 5.91 Å². The summed E-state index contributed by atoms with van der Waals surface area (Å²) in [5.74, 6) is 0.585. The second-order valence-corrected chi connectivity index (χ2v) is 7.53. The lowest BCUT2D eigenvalue weighted by Crippen LogP contribution is -2.43. The Labute approximate surface area is 167 Å². The second-order valence-electron chi connectivity index (χ2n) is 7.53. The Bertz CT molecular complexity index is 1300. The van der Waals surface area contributed by atoms with Crippen LogP contribution in [0.2, 0.25) is 0 Å². The van der Waals surface area contributed by atoms with E-state index >= 15 is 0 Å². The summed E-state index contributed by atoms with van der Waals surface area (Å²) in [6.45, 7) is 4.97. The van der Waals surface area contributed by atoms with Crippen molar-refractivity contribution < 1.29 is 9.21 Å². The molecule has 4 heterocycles. The molecule has 7 nitrogen and oxygen atoms in total. The highest BCUT2D eigenvalue weighted by atomic mass is 16.3. The van der Waals surface area contributed by atoms with Crippen molar-refractivity contribution in [3.63, 3.8) is 0 Å². The van der Waals surface area contributed by atoms with Crippen LogP contribution >= 0.6 is 0 Å². The molecule has 148 valence electrons. The zero-order chi connectivity index (χ0) is 20.1. The summed E-state index contributed by atoms with van der Waals surface area (Å²) in [6.07, 6.45) is 2.92. The molecule has 7 heteroatoms. The van der Waals surface area contributed by atoms with Gasteiger partial charge in [0.25, 0.3) is 5.56 Å². The van der Waals surface area contributed by atoms with E-state index in [4.69, 9.17) is 4.42 Å². The van der Waals surface area contributed by atoms with Crippen LogP contribution in [0, 0.1) is 6.92 Å². The van der Waals surface area contributed by atoms with Gasteiger partial charge < -0.3 is 9.32 Å². The van der Waals surface area contributed by atoms with Crippen molar-refractivity contribution in [1.29, 1.82) is 0 Å². The molecule has 0 bridgehead atoms. The first-order valence-corrected chi connectivity index (χ1v) is 9.92. The first kappa shape index (κ1) is 17.7. The molecule has 0 saturated carbocycles. The number of benzene rings is 1. The summed E-state index contributed by atoms with van der Waals surface area (Å²) in [4.78, 5) is 28.4. The molecule has 1 atom stereocenters. The molecule has 0 unspecified atom stereocenters. The molecule has 0 aliphatic carbocycles. The van der Waals surface area contributed by atoms with Gasteiger partial charge in [0.1, 0.15) is 17.4 Å². The van der Waals surface area contributed by atoms with Crippen LogP contribution in [0.25, 0.3) is 16.6 Å². The van der Waals surface area contributed by atoms with Crippen LogP contribution in [0.1, 0.15) is 36.3 Å². The Kier molecular flexibility index (Phi) is 4.04. The minimum absolute atomic E-state index is 0.0596. The summed E-state index contributed by atoms with van der Waals surface area (Å²) < 4.78 is 8.58. The SMILES string of the molecule is CC[C@H](C(=O)N1CCc2ccccc2C1)n1nc(C)n2c(cc3occc32)c1=O. The fourth-order valence-electron chi connectivity index (χ4n) is 4.35. The number of furan rings is 1. The molecule has 1 aliphatic rings. The van der Waals surface area contributed by atoms with E-state index in [0.29, 0.717) is 36.4 Å². The molecule has 1 aromatic carbocycles. The molecule has 4 aromatic rings. The van der Waals surface area contributed by atoms with Crippen molar-refractivity contribution in [2.45, 2.75) is 39.3 Å². The number of carbonyl (C=O) groups excluding carboxylic acids is 1. The lowest BCUT2D eigenvalue weighted by molar-refractivity contribution is -0.136. The van der Waals surface area contributed by atoms with Crippen LogP contribution in [0.4, 0.5) is 0 Å². The van der Waals surface area contributed by atoms with Crippen LogP contribution in [-0.2, 0) is 17.8 Å². The minimum Gasteiger partial charge on any atom is -0.463 e. The Hall–Kier alpha value is -3.35. The van der Waals surface area contributed by atoms with Gasteiger partial charge in [0, 0.05) is 25.2 Å². The highest BCUT2D eigenvalue weighted by Crippen LogP contribution is 2.24. The van der Waals surface area contributed by atoms with Crippen molar-refractivity contribution >= 4 is 22.5 Å². The summed E-state index contributed by atoms with van der Waals surface area (Å²) in [5.41, 5.74) is 4.09. The first-order valence-electron chi connectivity index (χ1n) is 9.92. The maximum atomic E-state index is 13.4. The van der Waals surface area contributed by atoms with Gasteiger partial charge in [-0.2, -0.15) is 5.10 Å². The average molecular weight is 390 g/mol. The Morgan fingerprint density at radius 2 is 2.00 bits per heavy atom. The smallest absolute Gasteiger partial charge is 0.291 e. The second kappa shape index (κ2) is 6.62. The lowest BCUT2D eigenvalue weighted by atomic mass is 9.99. The minimum atomic E-state index is -0.627. The van der Waals surface area contributed by atoms with E-state index < -0.39 is 6.04 Å². The summed E-state index contributed by atoms with van der Waals surface area (Å²) in [6, 6.07) is 11.1. The van der Waals surface area contributed by atoms with Crippen molar-refractivity contribution in [3.05, 3.63) is 70.0 Å². The zero-order valence-corrected chi connectivity index (χ0v) is 16.5. The van der Waals surface area contributed by atoms with E-state index in [9.17, 15) is 9.59 Å². The first-order chi connectivity index (χ1) is 14.1. The van der Waals surface area contributed by atoms with E-state index in [1.807, 2.05) is 36.9 Å². The fourth-order valence-corrected chi connectivity index (χ4v) is 4.35. The molecule has 1 amide bonds. The molecule has 3 aromatic heterocycles. The highest BCUT2D eigenvalue weighted by molar-refractivity contribution is 5.83.